The molecule has 2 N–H and O–H groups in total. The molecule has 1 aromatic carbocycles. The number of hydrogen-bond acceptors (Lipinski definition) is 5. The van der Waals surface area contributed by atoms with Gasteiger partial charge >= 0.3 is 17.8 Å². The summed E-state index contributed by atoms with van der Waals surface area (Å²) in [4.78, 5) is 34.1. The molecule has 0 atom stereocenters. The number of rotatable bonds is 4. The number of imide groups is 1. The van der Waals surface area contributed by atoms with Crippen molar-refractivity contribution in [2.45, 2.75) is 13.1 Å². The molecule has 0 aliphatic carbocycles. The average Bonchev–Trinajstić information content (AvgIpc) is 2.51. The number of amides is 3. The number of hydrogen-bond donors (Lipinski definition) is 2. The Kier molecular flexibility index (Phi) is 5.76. The van der Waals surface area contributed by atoms with E-state index in [0.717, 1.165) is 0 Å². The van der Waals surface area contributed by atoms with Gasteiger partial charge in [-0.3, -0.25) is 10.1 Å². The quantitative estimate of drug-likeness (QED) is 0.779. The molecule has 1 aromatic heterocycles. The fourth-order valence-electron chi connectivity index (χ4n) is 1.96. The summed E-state index contributed by atoms with van der Waals surface area (Å²) < 4.78 is 46.0. The molecule has 7 nitrogen and oxygen atoms in total. The monoisotopic (exact) mass is 392 g/mol. The second kappa shape index (κ2) is 7.65. The first-order valence-corrected chi connectivity index (χ1v) is 7.44. The number of fused-ring (bicyclic) bond motifs is 1. The molecule has 0 fully saturated rings. The van der Waals surface area contributed by atoms with Gasteiger partial charge in [0.05, 0.1) is 5.02 Å². The van der Waals surface area contributed by atoms with Crippen molar-refractivity contribution in [3.05, 3.63) is 39.2 Å². The van der Waals surface area contributed by atoms with E-state index < -0.39 is 36.9 Å². The highest BCUT2D eigenvalue weighted by Crippen LogP contribution is 2.30. The van der Waals surface area contributed by atoms with Crippen LogP contribution in [0.15, 0.2) is 27.4 Å². The Bertz CT molecular complexity index is 911. The number of alkyl halides is 3. The maximum Gasteiger partial charge on any atom is 0.405 e. The lowest BCUT2D eigenvalue weighted by Gasteiger charge is -2.11. The van der Waals surface area contributed by atoms with E-state index in [2.05, 4.69) is 0 Å². The molecule has 0 radical (unpaired) electrons. The Morgan fingerprint density at radius 3 is 2.62 bits per heavy atom. The summed E-state index contributed by atoms with van der Waals surface area (Å²) in [6, 6.07) is 2.73. The topological polar surface area (TPSA) is 97.6 Å². The van der Waals surface area contributed by atoms with Crippen LogP contribution in [-0.4, -0.2) is 31.3 Å². The molecule has 0 spiro atoms. The third-order valence-electron chi connectivity index (χ3n) is 3.06. The third-order valence-corrected chi connectivity index (χ3v) is 3.36. The first-order valence-electron chi connectivity index (χ1n) is 7.06. The van der Waals surface area contributed by atoms with Crippen molar-refractivity contribution in [2.24, 2.45) is 0 Å². The minimum Gasteiger partial charge on any atom is -0.482 e. The van der Waals surface area contributed by atoms with E-state index in [1.807, 2.05) is 0 Å². The highest BCUT2D eigenvalue weighted by atomic mass is 35.5. The summed E-state index contributed by atoms with van der Waals surface area (Å²) in [6.45, 7) is -0.592. The van der Waals surface area contributed by atoms with Crippen LogP contribution >= 0.6 is 11.6 Å². The molecule has 0 aliphatic rings. The van der Waals surface area contributed by atoms with Crippen molar-refractivity contribution in [1.29, 1.82) is 0 Å². The first-order chi connectivity index (χ1) is 12.0. The van der Waals surface area contributed by atoms with Gasteiger partial charge < -0.3 is 14.5 Å². The molecular formula is C15H12ClF3N2O5. The number of benzene rings is 1. The normalized spacial score (nSPS) is 11.3. The fourth-order valence-corrected chi connectivity index (χ4v) is 2.18. The highest BCUT2D eigenvalue weighted by Gasteiger charge is 2.28. The van der Waals surface area contributed by atoms with Crippen LogP contribution in [0, 0.1) is 6.92 Å². The summed E-state index contributed by atoms with van der Waals surface area (Å²) in [5.41, 5.74) is 0.226. The maximum atomic E-state index is 12.0. The molecule has 11 heteroatoms. The van der Waals surface area contributed by atoms with Crippen molar-refractivity contribution in [1.82, 2.24) is 10.6 Å². The van der Waals surface area contributed by atoms with E-state index in [9.17, 15) is 27.6 Å². The fraction of sp³-hybridized carbons (Fsp3) is 0.267. The lowest BCUT2D eigenvalue weighted by atomic mass is 10.1. The van der Waals surface area contributed by atoms with Crippen LogP contribution in [0.3, 0.4) is 0 Å². The van der Waals surface area contributed by atoms with Gasteiger partial charge in [0.2, 0.25) is 0 Å². The smallest absolute Gasteiger partial charge is 0.405 e. The van der Waals surface area contributed by atoms with Crippen molar-refractivity contribution in [3.8, 4) is 5.75 Å². The molecule has 140 valence electrons. The van der Waals surface area contributed by atoms with Gasteiger partial charge in [-0.2, -0.15) is 13.2 Å². The summed E-state index contributed by atoms with van der Waals surface area (Å²) in [7, 11) is 0. The molecule has 2 aromatic rings. The Morgan fingerprint density at radius 2 is 1.96 bits per heavy atom. The van der Waals surface area contributed by atoms with Crippen LogP contribution in [0.1, 0.15) is 5.56 Å². The minimum atomic E-state index is -4.60. The van der Waals surface area contributed by atoms with Gasteiger partial charge in [-0.25, -0.2) is 9.59 Å². The van der Waals surface area contributed by atoms with E-state index in [1.165, 1.54) is 23.5 Å². The van der Waals surface area contributed by atoms with Gasteiger partial charge in [-0.15, -0.1) is 0 Å². The Balaban J connectivity index is 2.00. The molecule has 3 amide bonds. The van der Waals surface area contributed by atoms with E-state index in [1.54, 1.807) is 12.2 Å². The van der Waals surface area contributed by atoms with Crippen LogP contribution < -0.4 is 21.0 Å². The summed E-state index contributed by atoms with van der Waals surface area (Å²) in [5.74, 6) is -0.995. The van der Waals surface area contributed by atoms with Crippen LogP contribution in [0.5, 0.6) is 5.75 Å². The number of nitrogens with one attached hydrogen (secondary N) is 2. The van der Waals surface area contributed by atoms with Gasteiger partial charge in [0, 0.05) is 17.5 Å². The Hall–Kier alpha value is -2.75. The van der Waals surface area contributed by atoms with Crippen LogP contribution in [0.2, 0.25) is 5.02 Å². The number of ether oxygens (including phenoxy) is 1. The molecule has 0 bridgehead atoms. The number of carbonyl (C=O) groups is 2. The predicted octanol–water partition coefficient (Wildman–Crippen LogP) is 2.52. The summed E-state index contributed by atoms with van der Waals surface area (Å²) in [5, 5.41) is 3.82. The second-order valence-corrected chi connectivity index (χ2v) is 5.57. The van der Waals surface area contributed by atoms with E-state index in [-0.39, 0.29) is 16.4 Å². The summed E-state index contributed by atoms with van der Waals surface area (Å²) >= 11 is 6.02. The highest BCUT2D eigenvalue weighted by molar-refractivity contribution is 6.32. The molecule has 0 aliphatic heterocycles. The van der Waals surface area contributed by atoms with Crippen molar-refractivity contribution >= 4 is 34.5 Å². The molecule has 26 heavy (non-hydrogen) atoms. The van der Waals surface area contributed by atoms with E-state index in [4.69, 9.17) is 20.8 Å². The Labute approximate surface area is 149 Å². The van der Waals surface area contributed by atoms with Gasteiger partial charge in [0.15, 0.2) is 6.61 Å². The van der Waals surface area contributed by atoms with Crippen molar-refractivity contribution < 1.29 is 31.9 Å². The van der Waals surface area contributed by atoms with Crippen LogP contribution in [0.25, 0.3) is 11.0 Å². The van der Waals surface area contributed by atoms with Crippen LogP contribution in [0.4, 0.5) is 18.0 Å². The number of carbonyl (C=O) groups excluding carboxylic acids is 2. The third kappa shape index (κ3) is 5.38. The lowest BCUT2D eigenvalue weighted by molar-refractivity contribution is -0.125. The standard InChI is InChI=1S/C15H12ClF3N2O5/c1-7-2-13(23)26-10-4-11(9(16)3-8(7)10)25-5-12(22)21-14(24)20-6-15(17,18)19/h2-4H,5-6H2,1H3,(H2,20,21,22,24). The molecule has 0 saturated heterocycles. The largest absolute Gasteiger partial charge is 0.482 e. The van der Waals surface area contributed by atoms with Gasteiger partial charge in [0.25, 0.3) is 5.91 Å². The van der Waals surface area contributed by atoms with Crippen molar-refractivity contribution in [2.75, 3.05) is 13.2 Å². The first kappa shape index (κ1) is 19.6. The number of aryl methyl sites for hydroxylation is 1. The van der Waals surface area contributed by atoms with Gasteiger partial charge in [-0.1, -0.05) is 11.6 Å². The lowest BCUT2D eigenvalue weighted by Crippen LogP contribution is -2.44. The minimum absolute atomic E-state index is 0.00114. The van der Waals surface area contributed by atoms with Crippen molar-refractivity contribution in [3.63, 3.8) is 0 Å². The second-order valence-electron chi connectivity index (χ2n) is 5.16. The number of urea groups is 1. The zero-order chi connectivity index (χ0) is 19.5. The maximum absolute atomic E-state index is 12.0. The SMILES string of the molecule is Cc1cc(=O)oc2cc(OCC(=O)NC(=O)NCC(F)(F)F)c(Cl)cc12. The molecule has 1 heterocycles. The average molecular weight is 393 g/mol. The predicted molar refractivity (Wildman–Crippen MR) is 85.3 cm³/mol. The molecule has 2 rings (SSSR count). The van der Waals surface area contributed by atoms with Crippen LogP contribution in [-0.2, 0) is 4.79 Å². The molecule has 0 unspecified atom stereocenters. The Morgan fingerprint density at radius 1 is 1.27 bits per heavy atom. The van der Waals surface area contributed by atoms with Gasteiger partial charge in [-0.05, 0) is 18.6 Å². The zero-order valence-corrected chi connectivity index (χ0v) is 14.0. The van der Waals surface area contributed by atoms with E-state index in [0.29, 0.717) is 10.9 Å². The number of halogens is 4. The van der Waals surface area contributed by atoms with E-state index >= 15 is 0 Å². The zero-order valence-electron chi connectivity index (χ0n) is 13.2. The summed E-state index contributed by atoms with van der Waals surface area (Å²) in [6.07, 6.45) is -4.60. The molecular weight excluding hydrogens is 381 g/mol. The van der Waals surface area contributed by atoms with Gasteiger partial charge in [0.1, 0.15) is 17.9 Å². The molecule has 0 saturated carbocycles.